The molecule has 0 amide bonds. The first-order chi connectivity index (χ1) is 24.9. The van der Waals surface area contributed by atoms with Gasteiger partial charge in [-0.2, -0.15) is 10.2 Å². The van der Waals surface area contributed by atoms with Gasteiger partial charge in [-0.3, -0.25) is 14.5 Å². The molecule has 53 heavy (non-hydrogen) atoms. The number of nitrogens with one attached hydrogen (secondary N) is 3. The van der Waals surface area contributed by atoms with Crippen LogP contribution < -0.4 is 16.4 Å². The standard InChI is InChI=1S/C23H23N5O.C16H17N5O.2CH4/c1-16-13-27(14-17-8-4-2-5-9-17)15-19(16)21-25-23(29)20-12-24-22(28(20)26-21)18-10-6-3-7-11-18;1-10-7-17-8-12(10)14-19-16(22)13-9-18-15(21(13)20-14)11-5-3-2-4-6-11;;/h2-12,16,19H,13-15H2,1H3,(H,25,26,29);2-6,9-10,12,17H,7-8H2,1H3,(H,19,20,22);2*1H4. The summed E-state index contributed by atoms with van der Waals surface area (Å²) in [6, 6.07) is 30.2. The summed E-state index contributed by atoms with van der Waals surface area (Å²) in [7, 11) is 0. The van der Waals surface area contributed by atoms with E-state index in [0.717, 1.165) is 55.5 Å². The van der Waals surface area contributed by atoms with Crippen molar-refractivity contribution in [1.82, 2.24) is 49.4 Å². The number of imidazole rings is 2. The first-order valence-electron chi connectivity index (χ1n) is 17.5. The van der Waals surface area contributed by atoms with E-state index in [1.807, 2.05) is 66.7 Å². The number of aromatic amines is 2. The van der Waals surface area contributed by atoms with Gasteiger partial charge >= 0.3 is 0 Å². The Bertz CT molecular complexity index is 2380. The van der Waals surface area contributed by atoms with Crippen LogP contribution in [0.3, 0.4) is 0 Å². The molecule has 12 nitrogen and oxygen atoms in total. The Labute approximate surface area is 309 Å². The van der Waals surface area contributed by atoms with Crippen LogP contribution in [0, 0.1) is 11.8 Å². The molecule has 2 aliphatic heterocycles. The maximum atomic E-state index is 12.7. The smallest absolute Gasteiger partial charge is 0.276 e. The van der Waals surface area contributed by atoms with Crippen LogP contribution in [0.4, 0.5) is 0 Å². The average Bonchev–Trinajstić information content (AvgIpc) is 3.96. The van der Waals surface area contributed by atoms with Crippen molar-refractivity contribution >= 4 is 11.0 Å². The number of hydrogen-bond acceptors (Lipinski definition) is 8. The highest BCUT2D eigenvalue weighted by Crippen LogP contribution is 2.31. The van der Waals surface area contributed by atoms with E-state index in [2.05, 4.69) is 73.4 Å². The van der Waals surface area contributed by atoms with Gasteiger partial charge in [-0.05, 0) is 23.9 Å². The predicted molar refractivity (Wildman–Crippen MR) is 210 cm³/mol. The lowest BCUT2D eigenvalue weighted by Crippen LogP contribution is -2.22. The molecular formula is C41H48N10O2. The molecule has 4 unspecified atom stereocenters. The molecule has 3 aromatic carbocycles. The molecule has 4 atom stereocenters. The van der Waals surface area contributed by atoms with E-state index >= 15 is 0 Å². The van der Waals surface area contributed by atoms with Crippen LogP contribution in [0.5, 0.6) is 0 Å². The van der Waals surface area contributed by atoms with Crippen LogP contribution in [0.25, 0.3) is 33.8 Å². The minimum atomic E-state index is -0.140. The fraction of sp³-hybridized carbons (Fsp3) is 0.317. The summed E-state index contributed by atoms with van der Waals surface area (Å²) in [5, 5.41) is 12.8. The Hall–Kier alpha value is -5.72. The third-order valence-electron chi connectivity index (χ3n) is 10.1. The summed E-state index contributed by atoms with van der Waals surface area (Å²) < 4.78 is 3.35. The van der Waals surface area contributed by atoms with Gasteiger partial charge in [-0.25, -0.2) is 19.0 Å². The molecule has 0 bridgehead atoms. The van der Waals surface area contributed by atoms with Crippen LogP contribution in [0.1, 0.15) is 57.7 Å². The zero-order chi connectivity index (χ0) is 34.9. The second-order valence-electron chi connectivity index (χ2n) is 13.7. The molecule has 7 aromatic rings. The van der Waals surface area contributed by atoms with Gasteiger partial charge in [0.1, 0.15) is 11.6 Å². The van der Waals surface area contributed by atoms with Crippen LogP contribution in [0.15, 0.2) is 113 Å². The molecule has 0 radical (unpaired) electrons. The summed E-state index contributed by atoms with van der Waals surface area (Å²) in [5.41, 5.74) is 3.86. The molecule has 0 aliphatic carbocycles. The van der Waals surface area contributed by atoms with Gasteiger partial charge in [0, 0.05) is 49.1 Å². The second kappa shape index (κ2) is 15.9. The van der Waals surface area contributed by atoms with E-state index in [-0.39, 0.29) is 37.8 Å². The molecular weight excluding hydrogens is 665 g/mol. The van der Waals surface area contributed by atoms with Gasteiger partial charge < -0.3 is 15.3 Å². The van der Waals surface area contributed by atoms with Gasteiger partial charge in [-0.15, -0.1) is 0 Å². The van der Waals surface area contributed by atoms with E-state index in [1.165, 1.54) is 5.56 Å². The number of benzene rings is 3. The topological polar surface area (TPSA) is 141 Å². The Balaban J connectivity index is 0.000000181. The predicted octanol–water partition coefficient (Wildman–Crippen LogP) is 6.00. The zero-order valence-electron chi connectivity index (χ0n) is 28.6. The molecule has 274 valence electrons. The highest BCUT2D eigenvalue weighted by atomic mass is 16.1. The highest BCUT2D eigenvalue weighted by molar-refractivity contribution is 5.61. The second-order valence-corrected chi connectivity index (χ2v) is 13.7. The summed E-state index contributed by atoms with van der Waals surface area (Å²) in [6.45, 7) is 8.95. The van der Waals surface area contributed by atoms with Gasteiger partial charge in [0.05, 0.1) is 12.4 Å². The van der Waals surface area contributed by atoms with Crippen LogP contribution in [-0.2, 0) is 6.54 Å². The van der Waals surface area contributed by atoms with E-state index in [9.17, 15) is 9.59 Å². The van der Waals surface area contributed by atoms with E-state index in [1.54, 1.807) is 21.4 Å². The van der Waals surface area contributed by atoms with Crippen LogP contribution in [0.2, 0.25) is 0 Å². The van der Waals surface area contributed by atoms with E-state index < -0.39 is 0 Å². The summed E-state index contributed by atoms with van der Waals surface area (Å²) in [6.07, 6.45) is 3.17. The number of nitrogens with zero attached hydrogens (tertiary/aromatic N) is 7. The summed E-state index contributed by atoms with van der Waals surface area (Å²) >= 11 is 0. The van der Waals surface area contributed by atoms with Crippen molar-refractivity contribution < 1.29 is 0 Å². The largest absolute Gasteiger partial charge is 0.316 e. The third kappa shape index (κ3) is 7.46. The molecule has 2 saturated heterocycles. The number of likely N-dealkylation sites (tertiary alicyclic amines) is 1. The molecule has 2 aliphatic rings. The Morgan fingerprint density at radius 3 is 1.60 bits per heavy atom. The minimum absolute atomic E-state index is 0. The third-order valence-corrected chi connectivity index (χ3v) is 10.1. The fourth-order valence-corrected chi connectivity index (χ4v) is 7.30. The normalized spacial score (nSPS) is 19.7. The van der Waals surface area contributed by atoms with E-state index in [0.29, 0.717) is 34.5 Å². The summed E-state index contributed by atoms with van der Waals surface area (Å²) in [5.74, 6) is 4.12. The van der Waals surface area contributed by atoms with Crippen molar-refractivity contribution in [1.29, 1.82) is 0 Å². The lowest BCUT2D eigenvalue weighted by atomic mass is 9.97. The van der Waals surface area contributed by atoms with Crippen molar-refractivity contribution in [2.24, 2.45) is 11.8 Å². The first-order valence-corrected chi connectivity index (χ1v) is 17.5. The maximum Gasteiger partial charge on any atom is 0.276 e. The van der Waals surface area contributed by atoms with Crippen molar-refractivity contribution in [2.75, 3.05) is 26.2 Å². The monoisotopic (exact) mass is 712 g/mol. The molecule has 12 heteroatoms. The average molecular weight is 713 g/mol. The van der Waals surface area contributed by atoms with Crippen molar-refractivity contribution in [3.8, 4) is 22.8 Å². The first kappa shape index (κ1) is 37.1. The minimum Gasteiger partial charge on any atom is -0.316 e. The van der Waals surface area contributed by atoms with Gasteiger partial charge in [0.25, 0.3) is 11.1 Å². The van der Waals surface area contributed by atoms with Crippen molar-refractivity contribution in [2.45, 2.75) is 47.1 Å². The molecule has 6 heterocycles. The lowest BCUT2D eigenvalue weighted by molar-refractivity contribution is 0.318. The molecule has 3 N–H and O–H groups in total. The fourth-order valence-electron chi connectivity index (χ4n) is 7.30. The number of H-pyrrole nitrogens is 2. The lowest BCUT2D eigenvalue weighted by Gasteiger charge is -2.16. The Kier molecular flexibility index (Phi) is 11.1. The van der Waals surface area contributed by atoms with Crippen LogP contribution in [-0.4, -0.2) is 70.2 Å². The van der Waals surface area contributed by atoms with E-state index in [4.69, 9.17) is 5.10 Å². The van der Waals surface area contributed by atoms with Gasteiger partial charge in [-0.1, -0.05) is 120 Å². The highest BCUT2D eigenvalue weighted by Gasteiger charge is 2.33. The van der Waals surface area contributed by atoms with Crippen LogP contribution >= 0.6 is 0 Å². The molecule has 9 rings (SSSR count). The number of aromatic nitrogens is 8. The quantitative estimate of drug-likeness (QED) is 0.191. The molecule has 0 spiro atoms. The molecule has 4 aromatic heterocycles. The van der Waals surface area contributed by atoms with Gasteiger partial charge in [0.15, 0.2) is 22.7 Å². The summed E-state index contributed by atoms with van der Waals surface area (Å²) in [4.78, 5) is 42.2. The maximum absolute atomic E-state index is 12.7. The zero-order valence-corrected chi connectivity index (χ0v) is 28.6. The SMILES string of the molecule is C.C.CC1CN(Cc2ccccc2)CC1c1nn2c(-c3ccccc3)ncc2c(=O)[nH]1.CC1CNCC1c1nn2c(-c3ccccc3)ncc2c(=O)[nH]1. The Morgan fingerprint density at radius 2 is 1.11 bits per heavy atom. The number of rotatable bonds is 6. The van der Waals surface area contributed by atoms with Gasteiger partial charge in [0.2, 0.25) is 0 Å². The number of hydrogen-bond donors (Lipinski definition) is 3. The molecule has 2 fully saturated rings. The Morgan fingerprint density at radius 1 is 0.623 bits per heavy atom. The van der Waals surface area contributed by atoms with Crippen molar-refractivity contribution in [3.63, 3.8) is 0 Å². The molecule has 0 saturated carbocycles. The number of fused-ring (bicyclic) bond motifs is 2. The van der Waals surface area contributed by atoms with Crippen molar-refractivity contribution in [3.05, 3.63) is 141 Å².